The molecule has 0 saturated heterocycles. The Balaban J connectivity index is 1.78. The fraction of sp³-hybridized carbons (Fsp3) is 0.0500. The first kappa shape index (κ1) is 15.8. The largest absolute Gasteiger partial charge is 0.349 e. The third-order valence-corrected chi connectivity index (χ3v) is 4.18. The Morgan fingerprint density at radius 1 is 0.962 bits per heavy atom. The maximum atomic E-state index is 12.5. The van der Waals surface area contributed by atoms with Crippen molar-refractivity contribution >= 4 is 17.1 Å². The maximum absolute atomic E-state index is 12.5. The quantitative estimate of drug-likeness (QED) is 0.580. The minimum absolute atomic E-state index is 0.415. The number of nitrogens with one attached hydrogen (secondary N) is 1. The van der Waals surface area contributed by atoms with Gasteiger partial charge in [-0.05, 0) is 43.3 Å². The number of aromatic amines is 1. The van der Waals surface area contributed by atoms with E-state index in [9.17, 15) is 9.59 Å². The van der Waals surface area contributed by atoms with E-state index >= 15 is 0 Å². The molecule has 0 amide bonds. The standard InChI is InChI=1S/C20H16N4O2/c1-14-8-10-15(11-9-14)23-12-4-5-16(23)13-21-24-19(25)17-6-2-3-7-18(17)22-20(24)26/h2-13H,1H3,(H,22,26). The van der Waals surface area contributed by atoms with Crippen LogP contribution in [0.2, 0.25) is 0 Å². The number of H-pyrrole nitrogens is 1. The topological polar surface area (TPSA) is 72.2 Å². The zero-order valence-corrected chi connectivity index (χ0v) is 14.1. The van der Waals surface area contributed by atoms with Gasteiger partial charge < -0.3 is 9.55 Å². The van der Waals surface area contributed by atoms with E-state index in [1.54, 1.807) is 24.3 Å². The van der Waals surface area contributed by atoms with Crippen LogP contribution in [0.25, 0.3) is 16.6 Å². The van der Waals surface area contributed by atoms with Crippen LogP contribution >= 0.6 is 0 Å². The summed E-state index contributed by atoms with van der Waals surface area (Å²) in [5, 5.41) is 4.53. The summed E-state index contributed by atoms with van der Waals surface area (Å²) in [7, 11) is 0. The Bertz CT molecular complexity index is 1230. The smallest absolute Gasteiger partial charge is 0.316 e. The molecule has 2 heterocycles. The van der Waals surface area contributed by atoms with Crippen LogP contribution in [0.5, 0.6) is 0 Å². The van der Waals surface area contributed by atoms with Crippen LogP contribution in [0.4, 0.5) is 0 Å². The molecule has 4 aromatic rings. The molecular formula is C20H16N4O2. The highest BCUT2D eigenvalue weighted by atomic mass is 16.2. The minimum atomic E-state index is -0.571. The predicted octanol–water partition coefficient (Wildman–Crippen LogP) is 2.67. The fourth-order valence-corrected chi connectivity index (χ4v) is 2.81. The molecular weight excluding hydrogens is 328 g/mol. The average Bonchev–Trinajstić information content (AvgIpc) is 3.11. The zero-order chi connectivity index (χ0) is 18.1. The van der Waals surface area contributed by atoms with Gasteiger partial charge in [-0.2, -0.15) is 5.10 Å². The van der Waals surface area contributed by atoms with Crippen LogP contribution in [0, 0.1) is 6.92 Å². The Kier molecular flexibility index (Phi) is 3.85. The van der Waals surface area contributed by atoms with Crippen molar-refractivity contribution in [3.05, 3.63) is 99.0 Å². The number of nitrogens with zero attached hydrogens (tertiary/aromatic N) is 3. The monoisotopic (exact) mass is 344 g/mol. The van der Waals surface area contributed by atoms with Crippen LogP contribution < -0.4 is 11.2 Å². The molecule has 4 rings (SSSR count). The van der Waals surface area contributed by atoms with Gasteiger partial charge in [0, 0.05) is 11.9 Å². The van der Waals surface area contributed by atoms with Gasteiger partial charge in [-0.1, -0.05) is 29.8 Å². The van der Waals surface area contributed by atoms with Crippen molar-refractivity contribution in [3.8, 4) is 5.69 Å². The van der Waals surface area contributed by atoms with Crippen LogP contribution in [-0.2, 0) is 0 Å². The maximum Gasteiger partial charge on any atom is 0.349 e. The molecule has 128 valence electrons. The molecule has 6 heteroatoms. The second-order valence-electron chi connectivity index (χ2n) is 5.98. The summed E-state index contributed by atoms with van der Waals surface area (Å²) < 4.78 is 2.78. The van der Waals surface area contributed by atoms with E-state index in [4.69, 9.17) is 0 Å². The van der Waals surface area contributed by atoms with Crippen molar-refractivity contribution in [1.82, 2.24) is 14.2 Å². The molecule has 0 atom stereocenters. The van der Waals surface area contributed by atoms with E-state index < -0.39 is 11.2 Å². The van der Waals surface area contributed by atoms with Crippen molar-refractivity contribution in [2.45, 2.75) is 6.92 Å². The van der Waals surface area contributed by atoms with Crippen molar-refractivity contribution in [2.24, 2.45) is 5.10 Å². The predicted molar refractivity (Wildman–Crippen MR) is 102 cm³/mol. The minimum Gasteiger partial charge on any atom is -0.316 e. The molecule has 0 fully saturated rings. The molecule has 2 aromatic heterocycles. The van der Waals surface area contributed by atoms with E-state index in [0.29, 0.717) is 10.9 Å². The molecule has 0 bridgehead atoms. The number of fused-ring (bicyclic) bond motifs is 1. The first-order valence-electron chi connectivity index (χ1n) is 8.16. The number of hydrogen-bond acceptors (Lipinski definition) is 3. The summed E-state index contributed by atoms with van der Waals surface area (Å²) in [6.07, 6.45) is 3.41. The van der Waals surface area contributed by atoms with Gasteiger partial charge in [0.05, 0.1) is 22.8 Å². The zero-order valence-electron chi connectivity index (χ0n) is 14.1. The van der Waals surface area contributed by atoms with Crippen molar-refractivity contribution in [3.63, 3.8) is 0 Å². The number of hydrogen-bond donors (Lipinski definition) is 1. The molecule has 0 aliphatic heterocycles. The highest BCUT2D eigenvalue weighted by Crippen LogP contribution is 2.12. The fourth-order valence-electron chi connectivity index (χ4n) is 2.81. The Hall–Kier alpha value is -3.67. The lowest BCUT2D eigenvalue weighted by atomic mass is 10.2. The van der Waals surface area contributed by atoms with E-state index in [0.717, 1.165) is 16.1 Å². The van der Waals surface area contributed by atoms with Gasteiger partial charge in [-0.25, -0.2) is 4.79 Å². The molecule has 0 aliphatic carbocycles. The summed E-state index contributed by atoms with van der Waals surface area (Å²) in [6.45, 7) is 2.03. The third kappa shape index (κ3) is 2.77. The molecule has 0 spiro atoms. The van der Waals surface area contributed by atoms with Gasteiger partial charge in [0.25, 0.3) is 5.56 Å². The lowest BCUT2D eigenvalue weighted by Gasteiger charge is -2.06. The number of aryl methyl sites for hydroxylation is 1. The van der Waals surface area contributed by atoms with Gasteiger partial charge in [0.15, 0.2) is 0 Å². The van der Waals surface area contributed by atoms with E-state index in [1.165, 1.54) is 11.8 Å². The molecule has 0 saturated carbocycles. The summed E-state index contributed by atoms with van der Waals surface area (Å²) >= 11 is 0. The van der Waals surface area contributed by atoms with E-state index in [-0.39, 0.29) is 0 Å². The van der Waals surface area contributed by atoms with Crippen LogP contribution in [-0.4, -0.2) is 20.4 Å². The number of rotatable bonds is 3. The van der Waals surface area contributed by atoms with Crippen LogP contribution in [0.15, 0.2) is 81.6 Å². The SMILES string of the molecule is Cc1ccc(-n2cccc2C=Nn2c(=O)[nH]c3ccccc3c2=O)cc1. The Morgan fingerprint density at radius 2 is 1.73 bits per heavy atom. The molecule has 0 unspecified atom stereocenters. The highest BCUT2D eigenvalue weighted by Gasteiger charge is 2.06. The molecule has 0 aliphatic rings. The van der Waals surface area contributed by atoms with Gasteiger partial charge in [-0.15, -0.1) is 4.68 Å². The Labute approximate surface area is 148 Å². The lowest BCUT2D eigenvalue weighted by molar-refractivity contribution is 0.770. The molecule has 26 heavy (non-hydrogen) atoms. The highest BCUT2D eigenvalue weighted by molar-refractivity contribution is 5.79. The first-order chi connectivity index (χ1) is 12.6. The summed E-state index contributed by atoms with van der Waals surface area (Å²) in [5.41, 5.74) is 2.38. The second-order valence-corrected chi connectivity index (χ2v) is 5.98. The number of para-hydroxylation sites is 1. The molecule has 2 aromatic carbocycles. The van der Waals surface area contributed by atoms with E-state index in [2.05, 4.69) is 10.1 Å². The Morgan fingerprint density at radius 3 is 2.54 bits per heavy atom. The van der Waals surface area contributed by atoms with E-state index in [1.807, 2.05) is 54.1 Å². The number of benzene rings is 2. The second kappa shape index (κ2) is 6.33. The van der Waals surface area contributed by atoms with Crippen LogP contribution in [0.3, 0.4) is 0 Å². The van der Waals surface area contributed by atoms with Crippen molar-refractivity contribution < 1.29 is 0 Å². The molecule has 6 nitrogen and oxygen atoms in total. The van der Waals surface area contributed by atoms with Crippen LogP contribution in [0.1, 0.15) is 11.3 Å². The van der Waals surface area contributed by atoms with Gasteiger partial charge in [-0.3, -0.25) is 4.79 Å². The first-order valence-corrected chi connectivity index (χ1v) is 8.16. The number of aromatic nitrogens is 3. The molecule has 0 radical (unpaired) electrons. The summed E-state index contributed by atoms with van der Waals surface area (Å²) in [5.74, 6) is 0. The summed E-state index contributed by atoms with van der Waals surface area (Å²) in [4.78, 5) is 27.4. The van der Waals surface area contributed by atoms with Gasteiger partial charge in [0.1, 0.15) is 0 Å². The van der Waals surface area contributed by atoms with Gasteiger partial charge >= 0.3 is 5.69 Å². The van der Waals surface area contributed by atoms with Crippen molar-refractivity contribution in [1.29, 1.82) is 0 Å². The normalized spacial score (nSPS) is 11.4. The van der Waals surface area contributed by atoms with Crippen molar-refractivity contribution in [2.75, 3.05) is 0 Å². The molecule has 1 N–H and O–H groups in total. The van der Waals surface area contributed by atoms with Gasteiger partial charge in [0.2, 0.25) is 0 Å². The lowest BCUT2D eigenvalue weighted by Crippen LogP contribution is -2.32. The summed E-state index contributed by atoms with van der Waals surface area (Å²) in [6, 6.07) is 18.7. The third-order valence-electron chi connectivity index (χ3n) is 4.18. The average molecular weight is 344 g/mol.